The normalized spacial score (nSPS) is 15.1. The second-order valence-corrected chi connectivity index (χ2v) is 10.4. The Labute approximate surface area is 206 Å². The van der Waals surface area contributed by atoms with Crippen LogP contribution < -0.4 is 0 Å². The maximum Gasteiger partial charge on any atom is 0.435 e. The molecule has 3 unspecified atom stereocenters. The fourth-order valence-corrected chi connectivity index (χ4v) is 5.16. The zero-order valence-electron chi connectivity index (χ0n) is 22.4. The van der Waals surface area contributed by atoms with Gasteiger partial charge in [-0.1, -0.05) is 27.7 Å². The highest BCUT2D eigenvalue weighted by Gasteiger charge is 2.35. The second kappa shape index (κ2) is 10.2. The maximum absolute atomic E-state index is 13.3. The van der Waals surface area contributed by atoms with Crippen LogP contribution in [0.15, 0.2) is 12.3 Å². The minimum atomic E-state index is -4.44. The smallest absolute Gasteiger partial charge is 0.275 e. The summed E-state index contributed by atoms with van der Waals surface area (Å²) in [5, 5.41) is 13.4. The molecule has 0 fully saturated rings. The zero-order chi connectivity index (χ0) is 26.2. The minimum absolute atomic E-state index is 0.0370. The van der Waals surface area contributed by atoms with Gasteiger partial charge in [0.15, 0.2) is 5.69 Å². The summed E-state index contributed by atoms with van der Waals surface area (Å²) in [5.74, 6) is 0.436. The van der Waals surface area contributed by atoms with Crippen molar-refractivity contribution >= 4 is 0 Å². The van der Waals surface area contributed by atoms with Crippen LogP contribution in [-0.2, 0) is 26.7 Å². The van der Waals surface area contributed by atoms with Crippen molar-refractivity contribution in [2.75, 3.05) is 0 Å². The summed E-state index contributed by atoms with van der Waals surface area (Å²) < 4.78 is 45.2. The molecule has 9 heteroatoms. The molecule has 3 rings (SSSR count). The number of nitrogens with zero attached hydrogens (tertiary/aromatic N) is 6. The maximum atomic E-state index is 13.3. The van der Waals surface area contributed by atoms with Crippen LogP contribution in [0.5, 0.6) is 0 Å². The largest absolute Gasteiger partial charge is 0.435 e. The van der Waals surface area contributed by atoms with Crippen molar-refractivity contribution in [2.45, 2.75) is 97.7 Å². The lowest BCUT2D eigenvalue weighted by Gasteiger charge is -2.20. The first kappa shape index (κ1) is 27.0. The number of halogens is 3. The van der Waals surface area contributed by atoms with Crippen LogP contribution in [0.2, 0.25) is 0 Å². The summed E-state index contributed by atoms with van der Waals surface area (Å²) in [6.45, 7) is 14.3. The molecule has 3 aromatic rings. The van der Waals surface area contributed by atoms with E-state index in [4.69, 9.17) is 5.10 Å². The van der Waals surface area contributed by atoms with Crippen LogP contribution in [0.4, 0.5) is 13.2 Å². The molecular formula is C26H39F3N6. The molecule has 3 heterocycles. The van der Waals surface area contributed by atoms with E-state index in [0.717, 1.165) is 30.7 Å². The molecule has 0 aromatic carbocycles. The van der Waals surface area contributed by atoms with E-state index in [0.29, 0.717) is 5.69 Å². The fraction of sp³-hybridized carbons (Fsp3) is 0.654. The molecule has 0 N–H and O–H groups in total. The molecule has 0 bridgehead atoms. The van der Waals surface area contributed by atoms with Gasteiger partial charge in [0.2, 0.25) is 0 Å². The van der Waals surface area contributed by atoms with Crippen LogP contribution in [0.25, 0.3) is 0 Å². The van der Waals surface area contributed by atoms with Crippen molar-refractivity contribution < 1.29 is 13.2 Å². The van der Waals surface area contributed by atoms with Gasteiger partial charge in [-0.2, -0.15) is 28.5 Å². The van der Waals surface area contributed by atoms with Crippen LogP contribution in [0, 0.1) is 13.8 Å². The molecule has 3 aromatic heterocycles. The molecule has 0 amide bonds. The Bertz CT molecular complexity index is 1150. The number of aromatic nitrogens is 6. The predicted molar refractivity (Wildman–Crippen MR) is 132 cm³/mol. The Morgan fingerprint density at radius 3 is 2.11 bits per heavy atom. The van der Waals surface area contributed by atoms with E-state index in [9.17, 15) is 13.2 Å². The van der Waals surface area contributed by atoms with Crippen molar-refractivity contribution in [2.24, 2.45) is 14.1 Å². The van der Waals surface area contributed by atoms with Crippen LogP contribution in [0.1, 0.15) is 111 Å². The molecule has 3 atom stereocenters. The molecule has 194 valence electrons. The first-order valence-corrected chi connectivity index (χ1v) is 12.4. The molecule has 0 aliphatic heterocycles. The molecule has 0 radical (unpaired) electrons. The Morgan fingerprint density at radius 1 is 0.914 bits per heavy atom. The zero-order valence-corrected chi connectivity index (χ0v) is 22.4. The van der Waals surface area contributed by atoms with Crippen molar-refractivity contribution in [1.82, 2.24) is 29.3 Å². The first-order valence-electron chi connectivity index (χ1n) is 12.4. The van der Waals surface area contributed by atoms with Crippen molar-refractivity contribution in [3.63, 3.8) is 0 Å². The van der Waals surface area contributed by atoms with Gasteiger partial charge in [0.1, 0.15) is 0 Å². The average Bonchev–Trinajstić information content (AvgIpc) is 3.41. The van der Waals surface area contributed by atoms with E-state index in [1.165, 1.54) is 22.9 Å². The third-order valence-corrected chi connectivity index (χ3v) is 7.00. The molecule has 35 heavy (non-hydrogen) atoms. The van der Waals surface area contributed by atoms with Gasteiger partial charge in [-0.15, -0.1) is 0 Å². The third kappa shape index (κ3) is 5.81. The van der Waals surface area contributed by atoms with Gasteiger partial charge in [-0.25, -0.2) is 0 Å². The lowest BCUT2D eigenvalue weighted by atomic mass is 9.93. The highest BCUT2D eigenvalue weighted by Crippen LogP contribution is 2.34. The van der Waals surface area contributed by atoms with Gasteiger partial charge in [-0.05, 0) is 69.1 Å². The molecule has 0 spiro atoms. The summed E-state index contributed by atoms with van der Waals surface area (Å²) in [5.41, 5.74) is 5.53. The number of alkyl halides is 3. The summed E-state index contributed by atoms with van der Waals surface area (Å²) in [6, 6.07) is 1.05. The van der Waals surface area contributed by atoms with Gasteiger partial charge in [0.25, 0.3) is 0 Å². The van der Waals surface area contributed by atoms with Gasteiger partial charge >= 0.3 is 6.18 Å². The third-order valence-electron chi connectivity index (χ3n) is 7.00. The van der Waals surface area contributed by atoms with E-state index in [-0.39, 0.29) is 23.8 Å². The highest BCUT2D eigenvalue weighted by atomic mass is 19.4. The molecule has 0 aliphatic carbocycles. The fourth-order valence-electron chi connectivity index (χ4n) is 5.16. The van der Waals surface area contributed by atoms with Crippen molar-refractivity contribution in [3.8, 4) is 0 Å². The van der Waals surface area contributed by atoms with Crippen LogP contribution in [0.3, 0.4) is 0 Å². The Balaban J connectivity index is 1.73. The molecule has 0 saturated carbocycles. The summed E-state index contributed by atoms with van der Waals surface area (Å²) in [6.07, 6.45) is -0.0350. The predicted octanol–water partition coefficient (Wildman–Crippen LogP) is 6.60. The van der Waals surface area contributed by atoms with Crippen molar-refractivity contribution in [1.29, 1.82) is 0 Å². The monoisotopic (exact) mass is 492 g/mol. The topological polar surface area (TPSA) is 53.5 Å². The van der Waals surface area contributed by atoms with Crippen LogP contribution in [-0.4, -0.2) is 29.3 Å². The average molecular weight is 493 g/mol. The molecular weight excluding hydrogens is 453 g/mol. The number of rotatable bonds is 9. The van der Waals surface area contributed by atoms with E-state index in [2.05, 4.69) is 37.9 Å². The lowest BCUT2D eigenvalue weighted by molar-refractivity contribution is -0.141. The Morgan fingerprint density at radius 2 is 1.57 bits per heavy atom. The van der Waals surface area contributed by atoms with E-state index >= 15 is 0 Å². The summed E-state index contributed by atoms with van der Waals surface area (Å²) in [7, 11) is 3.91. The van der Waals surface area contributed by atoms with E-state index in [1.807, 2.05) is 50.4 Å². The quantitative estimate of drug-likeness (QED) is 0.338. The SMILES string of the molecule is Cc1cn(C)nc1C(C)Cc1nn(C)c(C(C)CCC(C)n2nc(C(F)(F)F)cc2C(C)C)c1C. The Hall–Kier alpha value is -2.58. The summed E-state index contributed by atoms with van der Waals surface area (Å²) in [4.78, 5) is 0. The number of hydrogen-bond donors (Lipinski definition) is 0. The van der Waals surface area contributed by atoms with Crippen molar-refractivity contribution in [3.05, 3.63) is 51.9 Å². The molecule has 0 aliphatic rings. The van der Waals surface area contributed by atoms with E-state index in [1.54, 1.807) is 4.68 Å². The van der Waals surface area contributed by atoms with Crippen LogP contribution >= 0.6 is 0 Å². The Kier molecular flexibility index (Phi) is 7.86. The van der Waals surface area contributed by atoms with Gasteiger partial charge < -0.3 is 0 Å². The summed E-state index contributed by atoms with van der Waals surface area (Å²) >= 11 is 0. The molecule has 0 saturated heterocycles. The van der Waals surface area contributed by atoms with Gasteiger partial charge in [0, 0.05) is 43.6 Å². The highest BCUT2D eigenvalue weighted by molar-refractivity contribution is 5.30. The standard InChI is InChI=1S/C26H39F3N6/c1-15(2)22-13-23(26(27,28)29)31-35(22)19(6)11-10-16(3)25-20(7)21(30-34(25)9)12-17(4)24-18(5)14-33(8)32-24/h13-17,19H,10-12H2,1-9H3. The number of hydrogen-bond acceptors (Lipinski definition) is 3. The minimum Gasteiger partial charge on any atom is -0.275 e. The lowest BCUT2D eigenvalue weighted by Crippen LogP contribution is -2.14. The van der Waals surface area contributed by atoms with E-state index < -0.39 is 11.9 Å². The molecule has 6 nitrogen and oxygen atoms in total. The first-order chi connectivity index (χ1) is 16.2. The second-order valence-electron chi connectivity index (χ2n) is 10.4. The van der Waals surface area contributed by atoms with Gasteiger partial charge in [-0.3, -0.25) is 14.0 Å². The van der Waals surface area contributed by atoms with Gasteiger partial charge in [0.05, 0.1) is 11.4 Å². The number of aryl methyl sites for hydroxylation is 3.